The highest BCUT2D eigenvalue weighted by Gasteiger charge is 2.22. The van der Waals surface area contributed by atoms with Gasteiger partial charge in [-0.05, 0) is 61.7 Å². The predicted octanol–water partition coefficient (Wildman–Crippen LogP) is 4.43. The minimum atomic E-state index is -0.338. The molecule has 0 saturated carbocycles. The average Bonchev–Trinajstić information content (AvgIpc) is 3.24. The highest BCUT2D eigenvalue weighted by Crippen LogP contribution is 2.31. The van der Waals surface area contributed by atoms with Crippen LogP contribution in [0, 0.1) is 20.8 Å². The van der Waals surface area contributed by atoms with E-state index in [0.29, 0.717) is 24.5 Å². The van der Waals surface area contributed by atoms with Gasteiger partial charge in [-0.25, -0.2) is 4.79 Å². The molecule has 0 spiro atoms. The number of hydrogen-bond donors (Lipinski definition) is 0. The molecule has 7 nitrogen and oxygen atoms in total. The lowest BCUT2D eigenvalue weighted by atomic mass is 10.0. The van der Waals surface area contributed by atoms with Crippen LogP contribution in [0.25, 0.3) is 16.7 Å². The molecular weight excluding hydrogens is 436 g/mol. The molecule has 3 heterocycles. The summed E-state index contributed by atoms with van der Waals surface area (Å²) in [5, 5.41) is 10.8. The van der Waals surface area contributed by atoms with E-state index < -0.39 is 0 Å². The Labute approximate surface area is 196 Å². The van der Waals surface area contributed by atoms with Gasteiger partial charge in [-0.15, -0.1) is 10.2 Å². The first-order valence-electron chi connectivity index (χ1n) is 11.0. The van der Waals surface area contributed by atoms with Crippen molar-refractivity contribution in [2.75, 3.05) is 31.2 Å². The molecule has 8 heteroatoms. The molecule has 2 aromatic heterocycles. The zero-order chi connectivity index (χ0) is 22.9. The van der Waals surface area contributed by atoms with Crippen LogP contribution < -0.4 is 10.5 Å². The number of benzene rings is 2. The van der Waals surface area contributed by atoms with Gasteiger partial charge in [-0.3, -0.25) is 4.57 Å². The number of ether oxygens (including phenoxy) is 1. The highest BCUT2D eigenvalue weighted by atomic mass is 32.2. The molecule has 4 aromatic rings. The van der Waals surface area contributed by atoms with E-state index in [9.17, 15) is 4.79 Å². The van der Waals surface area contributed by atoms with Crippen molar-refractivity contribution in [2.45, 2.75) is 31.7 Å². The fraction of sp³-hybridized carbons (Fsp3) is 0.320. The predicted molar refractivity (Wildman–Crippen MR) is 131 cm³/mol. The highest BCUT2D eigenvalue weighted by molar-refractivity contribution is 7.98. The van der Waals surface area contributed by atoms with Crippen molar-refractivity contribution in [3.8, 4) is 5.69 Å². The largest absolute Gasteiger partial charge is 0.423 e. The Hall–Kier alpha value is -3.10. The number of nitrogens with zero attached hydrogens (tertiary/aromatic N) is 4. The number of fused-ring (bicyclic) bond motifs is 1. The van der Waals surface area contributed by atoms with Crippen LogP contribution in [0.2, 0.25) is 0 Å². The number of rotatable bonds is 5. The molecule has 0 aliphatic carbocycles. The Balaban J connectivity index is 1.53. The Kier molecular flexibility index (Phi) is 5.95. The molecule has 1 saturated heterocycles. The zero-order valence-corrected chi connectivity index (χ0v) is 19.8. The molecule has 2 aromatic carbocycles. The van der Waals surface area contributed by atoms with Gasteiger partial charge in [-0.2, -0.15) is 0 Å². The lowest BCUT2D eigenvalue weighted by Crippen LogP contribution is -2.37. The van der Waals surface area contributed by atoms with Crippen LogP contribution in [0.1, 0.15) is 22.3 Å². The molecule has 0 radical (unpaired) electrons. The van der Waals surface area contributed by atoms with Gasteiger partial charge in [0.2, 0.25) is 5.95 Å². The van der Waals surface area contributed by atoms with Crippen molar-refractivity contribution >= 4 is 28.7 Å². The average molecular weight is 463 g/mol. The number of aromatic nitrogens is 3. The molecule has 1 fully saturated rings. The van der Waals surface area contributed by atoms with E-state index in [0.717, 1.165) is 46.4 Å². The summed E-state index contributed by atoms with van der Waals surface area (Å²) < 4.78 is 13.1. The molecule has 0 atom stereocenters. The second-order valence-corrected chi connectivity index (χ2v) is 9.31. The third-order valence-corrected chi connectivity index (χ3v) is 6.98. The summed E-state index contributed by atoms with van der Waals surface area (Å²) in [7, 11) is 0. The molecular formula is C25H26N4O3S. The smallest absolute Gasteiger partial charge is 0.336 e. The van der Waals surface area contributed by atoms with Crippen LogP contribution in [-0.4, -0.2) is 41.1 Å². The number of aryl methyl sites for hydroxylation is 3. The lowest BCUT2D eigenvalue weighted by Gasteiger charge is -2.28. The maximum Gasteiger partial charge on any atom is 0.336 e. The summed E-state index contributed by atoms with van der Waals surface area (Å²) >= 11 is 1.57. The first-order valence-corrected chi connectivity index (χ1v) is 12.0. The van der Waals surface area contributed by atoms with Gasteiger partial charge in [0.1, 0.15) is 5.58 Å². The van der Waals surface area contributed by atoms with Crippen LogP contribution in [0.3, 0.4) is 0 Å². The normalized spacial score (nSPS) is 14.2. The first-order chi connectivity index (χ1) is 16.0. The Morgan fingerprint density at radius 2 is 1.70 bits per heavy atom. The number of anilines is 1. The molecule has 170 valence electrons. The fourth-order valence-corrected chi connectivity index (χ4v) is 4.93. The summed E-state index contributed by atoms with van der Waals surface area (Å²) in [5.74, 6) is 1.39. The topological polar surface area (TPSA) is 73.4 Å². The third kappa shape index (κ3) is 4.41. The SMILES string of the molecule is Cc1ccc(-n2c(SCc3cc(=O)oc4cc(C)c(C)cc34)nnc2N2CCOCC2)cc1. The van der Waals surface area contributed by atoms with E-state index in [4.69, 9.17) is 9.15 Å². The number of thioether (sulfide) groups is 1. The van der Waals surface area contributed by atoms with Crippen molar-refractivity contribution in [3.05, 3.63) is 75.1 Å². The van der Waals surface area contributed by atoms with Gasteiger partial charge in [0.15, 0.2) is 5.16 Å². The van der Waals surface area contributed by atoms with E-state index >= 15 is 0 Å². The standard InChI is InChI=1S/C25H26N4O3S/c1-16-4-6-20(7-5-16)29-24(28-8-10-31-11-9-28)26-27-25(29)33-15-19-14-23(30)32-22-13-18(3)17(2)12-21(19)22/h4-7,12-14H,8-11,15H2,1-3H3. The van der Waals surface area contributed by atoms with E-state index in [-0.39, 0.29) is 5.63 Å². The molecule has 5 rings (SSSR count). The summed E-state index contributed by atoms with van der Waals surface area (Å²) in [5.41, 5.74) is 5.69. The summed E-state index contributed by atoms with van der Waals surface area (Å²) in [4.78, 5) is 14.4. The summed E-state index contributed by atoms with van der Waals surface area (Å²) in [6.07, 6.45) is 0. The quantitative estimate of drug-likeness (QED) is 0.321. The molecule has 0 bridgehead atoms. The zero-order valence-electron chi connectivity index (χ0n) is 19.0. The lowest BCUT2D eigenvalue weighted by molar-refractivity contribution is 0.122. The van der Waals surface area contributed by atoms with E-state index in [2.05, 4.69) is 63.8 Å². The van der Waals surface area contributed by atoms with Gasteiger partial charge in [0.25, 0.3) is 0 Å². The van der Waals surface area contributed by atoms with Crippen molar-refractivity contribution in [1.82, 2.24) is 14.8 Å². The van der Waals surface area contributed by atoms with Crippen molar-refractivity contribution < 1.29 is 9.15 Å². The monoisotopic (exact) mass is 462 g/mol. The second-order valence-electron chi connectivity index (χ2n) is 8.36. The first kappa shape index (κ1) is 21.7. The van der Waals surface area contributed by atoms with Gasteiger partial charge >= 0.3 is 5.63 Å². The minimum absolute atomic E-state index is 0.338. The Morgan fingerprint density at radius 3 is 2.45 bits per heavy atom. The summed E-state index contributed by atoms with van der Waals surface area (Å²) in [6, 6.07) is 14.0. The summed E-state index contributed by atoms with van der Waals surface area (Å²) in [6.45, 7) is 9.06. The molecule has 0 N–H and O–H groups in total. The van der Waals surface area contributed by atoms with E-state index in [1.165, 1.54) is 11.1 Å². The van der Waals surface area contributed by atoms with Crippen LogP contribution >= 0.6 is 11.8 Å². The van der Waals surface area contributed by atoms with Crippen molar-refractivity contribution in [1.29, 1.82) is 0 Å². The molecule has 0 unspecified atom stereocenters. The molecule has 33 heavy (non-hydrogen) atoms. The third-order valence-electron chi connectivity index (χ3n) is 6.00. The van der Waals surface area contributed by atoms with Crippen molar-refractivity contribution in [3.63, 3.8) is 0 Å². The van der Waals surface area contributed by atoms with Crippen LogP contribution in [0.4, 0.5) is 5.95 Å². The van der Waals surface area contributed by atoms with Crippen LogP contribution in [-0.2, 0) is 10.5 Å². The maximum absolute atomic E-state index is 12.2. The van der Waals surface area contributed by atoms with Gasteiger partial charge < -0.3 is 14.1 Å². The van der Waals surface area contributed by atoms with E-state index in [1.807, 2.05) is 13.0 Å². The molecule has 1 aliphatic rings. The van der Waals surface area contributed by atoms with Crippen LogP contribution in [0.15, 0.2) is 56.8 Å². The molecule has 0 amide bonds. The fourth-order valence-electron chi connectivity index (χ4n) is 3.99. The minimum Gasteiger partial charge on any atom is -0.423 e. The van der Waals surface area contributed by atoms with Gasteiger partial charge in [-0.1, -0.05) is 29.5 Å². The Morgan fingerprint density at radius 1 is 0.970 bits per heavy atom. The van der Waals surface area contributed by atoms with Crippen LogP contribution in [0.5, 0.6) is 0 Å². The Bertz CT molecular complexity index is 1350. The second kappa shape index (κ2) is 9.03. The number of morpholine rings is 1. The molecule has 1 aliphatic heterocycles. The van der Waals surface area contributed by atoms with Gasteiger partial charge in [0, 0.05) is 30.3 Å². The van der Waals surface area contributed by atoms with E-state index in [1.54, 1.807) is 17.8 Å². The number of hydrogen-bond acceptors (Lipinski definition) is 7. The van der Waals surface area contributed by atoms with Gasteiger partial charge in [0.05, 0.1) is 18.9 Å². The maximum atomic E-state index is 12.2. The van der Waals surface area contributed by atoms with Crippen molar-refractivity contribution in [2.24, 2.45) is 0 Å².